The predicted octanol–water partition coefficient (Wildman–Crippen LogP) is 4.95. The van der Waals surface area contributed by atoms with Gasteiger partial charge in [0.25, 0.3) is 0 Å². The van der Waals surface area contributed by atoms with Crippen LogP contribution < -0.4 is 9.47 Å². The summed E-state index contributed by atoms with van der Waals surface area (Å²) in [6, 6.07) is 14.0. The fourth-order valence-corrected chi connectivity index (χ4v) is 2.79. The van der Waals surface area contributed by atoms with Gasteiger partial charge in [-0.2, -0.15) is 0 Å². The smallest absolute Gasteiger partial charge is 0.127 e. The Morgan fingerprint density at radius 1 is 0.947 bits per heavy atom. The van der Waals surface area contributed by atoms with Crippen LogP contribution in [0, 0.1) is 0 Å². The first-order chi connectivity index (χ1) is 9.15. The molecule has 0 aromatic heterocycles. The number of rotatable bonds is 4. The summed E-state index contributed by atoms with van der Waals surface area (Å²) in [6.07, 6.45) is 0. The highest BCUT2D eigenvalue weighted by atomic mass is 79.9. The Balaban J connectivity index is 2.37. The fraction of sp³-hybridized carbons (Fsp3) is 0.200. The molecule has 0 N–H and O–H groups in total. The second-order valence-corrected chi connectivity index (χ2v) is 5.85. The lowest BCUT2D eigenvalue weighted by Crippen LogP contribution is -1.97. The molecule has 0 fully saturated rings. The van der Waals surface area contributed by atoms with Crippen molar-refractivity contribution < 1.29 is 9.47 Å². The third-order valence-electron chi connectivity index (χ3n) is 2.88. The van der Waals surface area contributed by atoms with E-state index in [1.54, 1.807) is 14.2 Å². The third-order valence-corrected chi connectivity index (χ3v) is 4.43. The van der Waals surface area contributed by atoms with Crippen LogP contribution in [0.25, 0.3) is 0 Å². The number of hydrogen-bond donors (Lipinski definition) is 0. The quantitative estimate of drug-likeness (QED) is 0.693. The van der Waals surface area contributed by atoms with Gasteiger partial charge >= 0.3 is 0 Å². The first kappa shape index (κ1) is 14.4. The van der Waals surface area contributed by atoms with Crippen LogP contribution in [0.2, 0.25) is 0 Å². The van der Waals surface area contributed by atoms with E-state index in [1.807, 2.05) is 30.3 Å². The van der Waals surface area contributed by atoms with Crippen LogP contribution in [0.1, 0.15) is 16.0 Å². The average Bonchev–Trinajstić information content (AvgIpc) is 2.46. The number of benzene rings is 2. The summed E-state index contributed by atoms with van der Waals surface area (Å²) in [5.74, 6) is 1.60. The average molecular weight is 386 g/mol. The van der Waals surface area contributed by atoms with Crippen LogP contribution in [0.4, 0.5) is 0 Å². The van der Waals surface area contributed by atoms with E-state index in [2.05, 4.69) is 44.0 Å². The maximum absolute atomic E-state index is 5.43. The van der Waals surface area contributed by atoms with Crippen LogP contribution in [0.15, 0.2) is 46.9 Å². The standard InChI is InChI=1S/C15H14Br2O2/c1-18-12-7-8-13(14(9-12)19-2)15(17)10-3-5-11(16)6-4-10/h3-9,15H,1-2H3. The van der Waals surface area contributed by atoms with Gasteiger partial charge < -0.3 is 9.47 Å². The molecule has 1 atom stereocenters. The Morgan fingerprint density at radius 2 is 1.63 bits per heavy atom. The van der Waals surface area contributed by atoms with Crippen LogP contribution in [0.5, 0.6) is 11.5 Å². The van der Waals surface area contributed by atoms with E-state index >= 15 is 0 Å². The highest BCUT2D eigenvalue weighted by Gasteiger charge is 2.15. The van der Waals surface area contributed by atoms with E-state index in [1.165, 1.54) is 5.56 Å². The van der Waals surface area contributed by atoms with Crippen molar-refractivity contribution in [3.63, 3.8) is 0 Å². The van der Waals surface area contributed by atoms with E-state index < -0.39 is 0 Å². The molecule has 2 aromatic carbocycles. The van der Waals surface area contributed by atoms with Gasteiger partial charge in [0, 0.05) is 16.1 Å². The zero-order valence-corrected chi connectivity index (χ0v) is 13.9. The van der Waals surface area contributed by atoms with E-state index in [-0.39, 0.29) is 4.83 Å². The molecule has 2 rings (SSSR count). The topological polar surface area (TPSA) is 18.5 Å². The van der Waals surface area contributed by atoms with Crippen molar-refractivity contribution in [3.8, 4) is 11.5 Å². The summed E-state index contributed by atoms with van der Waals surface area (Å²) in [6.45, 7) is 0. The molecule has 19 heavy (non-hydrogen) atoms. The normalized spacial score (nSPS) is 12.0. The Morgan fingerprint density at radius 3 is 2.21 bits per heavy atom. The number of ether oxygens (including phenoxy) is 2. The molecule has 0 bridgehead atoms. The molecule has 0 aliphatic carbocycles. The number of hydrogen-bond acceptors (Lipinski definition) is 2. The Labute approximate surface area is 130 Å². The maximum Gasteiger partial charge on any atom is 0.127 e. The minimum Gasteiger partial charge on any atom is -0.497 e. The summed E-state index contributed by atoms with van der Waals surface area (Å²) < 4.78 is 11.7. The van der Waals surface area contributed by atoms with Gasteiger partial charge in [-0.1, -0.05) is 50.1 Å². The van der Waals surface area contributed by atoms with Crippen LogP contribution in [0.3, 0.4) is 0 Å². The maximum atomic E-state index is 5.43. The fourth-order valence-electron chi connectivity index (χ4n) is 1.84. The summed E-state index contributed by atoms with van der Waals surface area (Å²) in [5, 5.41) is 0. The second-order valence-electron chi connectivity index (χ2n) is 4.02. The molecule has 1 unspecified atom stereocenters. The largest absolute Gasteiger partial charge is 0.497 e. The molecule has 0 saturated heterocycles. The molecule has 100 valence electrons. The molecular weight excluding hydrogens is 372 g/mol. The van der Waals surface area contributed by atoms with Gasteiger partial charge in [-0.05, 0) is 23.8 Å². The zero-order valence-electron chi connectivity index (χ0n) is 10.7. The van der Waals surface area contributed by atoms with Crippen molar-refractivity contribution >= 4 is 31.9 Å². The number of halogens is 2. The van der Waals surface area contributed by atoms with E-state index in [9.17, 15) is 0 Å². The molecule has 2 aromatic rings. The van der Waals surface area contributed by atoms with Crippen molar-refractivity contribution in [1.29, 1.82) is 0 Å². The third kappa shape index (κ3) is 3.31. The molecule has 0 radical (unpaired) electrons. The van der Waals surface area contributed by atoms with Crippen LogP contribution in [-0.2, 0) is 0 Å². The van der Waals surface area contributed by atoms with Gasteiger partial charge in [0.15, 0.2) is 0 Å². The zero-order chi connectivity index (χ0) is 13.8. The van der Waals surface area contributed by atoms with E-state index in [0.29, 0.717) is 0 Å². The lowest BCUT2D eigenvalue weighted by Gasteiger charge is -2.15. The summed E-state index contributed by atoms with van der Waals surface area (Å²) in [5.41, 5.74) is 2.25. The lowest BCUT2D eigenvalue weighted by atomic mass is 10.0. The van der Waals surface area contributed by atoms with Crippen molar-refractivity contribution in [1.82, 2.24) is 0 Å². The Hall–Kier alpha value is -1.00. The molecule has 0 aliphatic rings. The van der Waals surface area contributed by atoms with Gasteiger partial charge in [0.05, 0.1) is 19.0 Å². The van der Waals surface area contributed by atoms with Crippen LogP contribution in [-0.4, -0.2) is 14.2 Å². The van der Waals surface area contributed by atoms with Gasteiger partial charge in [0.1, 0.15) is 11.5 Å². The first-order valence-electron chi connectivity index (χ1n) is 5.77. The molecule has 4 heteroatoms. The van der Waals surface area contributed by atoms with Crippen molar-refractivity contribution in [2.75, 3.05) is 14.2 Å². The highest BCUT2D eigenvalue weighted by Crippen LogP contribution is 2.38. The van der Waals surface area contributed by atoms with Gasteiger partial charge in [-0.3, -0.25) is 0 Å². The summed E-state index contributed by atoms with van der Waals surface area (Å²) in [4.78, 5) is 0.0847. The predicted molar refractivity (Wildman–Crippen MR) is 84.5 cm³/mol. The van der Waals surface area contributed by atoms with E-state index in [4.69, 9.17) is 9.47 Å². The number of methoxy groups -OCH3 is 2. The van der Waals surface area contributed by atoms with Crippen molar-refractivity contribution in [3.05, 3.63) is 58.1 Å². The SMILES string of the molecule is COc1ccc(C(Br)c2ccc(Br)cc2)c(OC)c1. The molecule has 0 saturated carbocycles. The summed E-state index contributed by atoms with van der Waals surface area (Å²) >= 11 is 7.16. The molecule has 0 heterocycles. The first-order valence-corrected chi connectivity index (χ1v) is 7.48. The molecule has 2 nitrogen and oxygen atoms in total. The lowest BCUT2D eigenvalue weighted by molar-refractivity contribution is 0.391. The monoisotopic (exact) mass is 384 g/mol. The second kappa shape index (κ2) is 6.44. The van der Waals surface area contributed by atoms with Gasteiger partial charge in [0.2, 0.25) is 0 Å². The minimum atomic E-state index is 0.0847. The van der Waals surface area contributed by atoms with Gasteiger partial charge in [-0.25, -0.2) is 0 Å². The number of alkyl halides is 1. The molecule has 0 spiro atoms. The molecule has 0 amide bonds. The molecule has 0 aliphatic heterocycles. The minimum absolute atomic E-state index is 0.0847. The van der Waals surface area contributed by atoms with Crippen molar-refractivity contribution in [2.24, 2.45) is 0 Å². The molecular formula is C15H14Br2O2. The van der Waals surface area contributed by atoms with Gasteiger partial charge in [-0.15, -0.1) is 0 Å². The van der Waals surface area contributed by atoms with Crippen LogP contribution >= 0.6 is 31.9 Å². The van der Waals surface area contributed by atoms with Crippen molar-refractivity contribution in [2.45, 2.75) is 4.83 Å². The highest BCUT2D eigenvalue weighted by molar-refractivity contribution is 9.10. The Bertz CT molecular complexity index is 553. The Kier molecular flexibility index (Phi) is 4.88. The summed E-state index contributed by atoms with van der Waals surface area (Å²) in [7, 11) is 3.31. The van der Waals surface area contributed by atoms with E-state index in [0.717, 1.165) is 21.5 Å².